The summed E-state index contributed by atoms with van der Waals surface area (Å²) in [6.07, 6.45) is -3.68. The number of rotatable bonds is 1. The van der Waals surface area contributed by atoms with Gasteiger partial charge in [0.2, 0.25) is 0 Å². The lowest BCUT2D eigenvalue weighted by atomic mass is 9.75. The fraction of sp³-hybridized carbons (Fsp3) is 0.500. The van der Waals surface area contributed by atoms with Crippen LogP contribution in [0.1, 0.15) is 36.5 Å². The van der Waals surface area contributed by atoms with Gasteiger partial charge in [0.1, 0.15) is 0 Å². The molecule has 1 N–H and O–H groups in total. The van der Waals surface area contributed by atoms with Gasteiger partial charge in [-0.15, -0.1) is 0 Å². The molecule has 1 aromatic rings. The minimum Gasteiger partial charge on any atom is -0.362 e. The van der Waals surface area contributed by atoms with E-state index in [1.807, 2.05) is 0 Å². The monoisotopic (exact) mass is 360 g/mol. The number of alkyl halides is 3. The molecule has 0 bridgehead atoms. The molecule has 4 nitrogen and oxygen atoms in total. The normalized spacial score (nSPS) is 30.1. The van der Waals surface area contributed by atoms with E-state index in [1.165, 1.54) is 18.2 Å². The van der Waals surface area contributed by atoms with Crippen LogP contribution in [0.4, 0.5) is 13.2 Å². The molecule has 1 aromatic carbocycles. The number of hydrogen-bond acceptors (Lipinski definition) is 3. The highest BCUT2D eigenvalue weighted by atomic mass is 35.5. The Morgan fingerprint density at radius 1 is 1.38 bits per heavy atom. The van der Waals surface area contributed by atoms with Crippen molar-refractivity contribution in [1.82, 2.24) is 5.01 Å². The van der Waals surface area contributed by atoms with Crippen LogP contribution in [-0.2, 0) is 0 Å². The summed E-state index contributed by atoms with van der Waals surface area (Å²) in [5.41, 5.74) is -3.24. The highest BCUT2D eigenvalue weighted by Crippen LogP contribution is 2.49. The second kappa shape index (κ2) is 5.74. The van der Waals surface area contributed by atoms with Gasteiger partial charge < -0.3 is 5.11 Å². The third-order valence-electron chi connectivity index (χ3n) is 4.73. The molecule has 1 heterocycles. The molecule has 0 aromatic heterocycles. The molecule has 0 radical (unpaired) electrons. The number of hydrogen-bond donors (Lipinski definition) is 1. The van der Waals surface area contributed by atoms with Crippen LogP contribution in [-0.4, -0.2) is 33.6 Å². The highest BCUT2D eigenvalue weighted by molar-refractivity contribution is 6.33. The number of benzene rings is 1. The fourth-order valence-corrected chi connectivity index (χ4v) is 3.67. The molecule has 24 heavy (non-hydrogen) atoms. The Morgan fingerprint density at radius 2 is 2.04 bits per heavy atom. The molecule has 0 spiro atoms. The number of hydrazone groups is 1. The topological polar surface area (TPSA) is 52.9 Å². The standard InChI is InChI=1S/C16H16ClF3N2O2/c1-9-5-4-7-11-13(9)21-22(15(11,24)16(18,19)20)14(23)10-6-2-3-8-12(10)17/h2-3,6,8-9,11,24H,4-5,7H2,1H3/t9-,11-,15+/m1/s1. The first-order chi connectivity index (χ1) is 11.2. The summed E-state index contributed by atoms with van der Waals surface area (Å²) in [5, 5.41) is 14.6. The van der Waals surface area contributed by atoms with E-state index in [0.29, 0.717) is 12.8 Å². The smallest absolute Gasteiger partial charge is 0.362 e. The minimum atomic E-state index is -5.03. The van der Waals surface area contributed by atoms with E-state index >= 15 is 0 Å². The number of fused-ring (bicyclic) bond motifs is 1. The van der Waals surface area contributed by atoms with E-state index in [2.05, 4.69) is 5.10 Å². The Morgan fingerprint density at radius 3 is 2.67 bits per heavy atom. The minimum absolute atomic E-state index is 0.00939. The van der Waals surface area contributed by atoms with Crippen LogP contribution in [0.5, 0.6) is 0 Å². The number of carbonyl (C=O) groups excluding carboxylic acids is 1. The summed E-state index contributed by atoms with van der Waals surface area (Å²) < 4.78 is 41.2. The zero-order valence-corrected chi connectivity index (χ0v) is 13.6. The van der Waals surface area contributed by atoms with Crippen molar-refractivity contribution in [2.45, 2.75) is 38.1 Å². The fourth-order valence-electron chi connectivity index (χ4n) is 3.45. The van der Waals surface area contributed by atoms with Crippen LogP contribution < -0.4 is 0 Å². The number of halogens is 4. The van der Waals surface area contributed by atoms with Crippen molar-refractivity contribution in [3.05, 3.63) is 34.9 Å². The quantitative estimate of drug-likeness (QED) is 0.827. The molecular formula is C16H16ClF3N2O2. The Labute approximate surface area is 141 Å². The van der Waals surface area contributed by atoms with Gasteiger partial charge in [0.25, 0.3) is 11.6 Å². The average molecular weight is 361 g/mol. The first kappa shape index (κ1) is 17.2. The Hall–Kier alpha value is -1.60. The Bertz CT molecular complexity index is 707. The van der Waals surface area contributed by atoms with Crippen LogP contribution in [0, 0.1) is 11.8 Å². The zero-order valence-electron chi connectivity index (χ0n) is 12.8. The lowest BCUT2D eigenvalue weighted by molar-refractivity contribution is -0.312. The predicted molar refractivity (Wildman–Crippen MR) is 82.6 cm³/mol. The second-order valence-corrected chi connectivity index (χ2v) is 6.64. The maximum atomic E-state index is 13.7. The van der Waals surface area contributed by atoms with Crippen LogP contribution in [0.2, 0.25) is 5.02 Å². The molecule has 130 valence electrons. The first-order valence-electron chi connectivity index (χ1n) is 7.64. The van der Waals surface area contributed by atoms with Gasteiger partial charge in [0.15, 0.2) is 0 Å². The Balaban J connectivity index is 2.10. The third kappa shape index (κ3) is 2.41. The molecule has 1 aliphatic heterocycles. The summed E-state index contributed by atoms with van der Waals surface area (Å²) in [5.74, 6) is -2.52. The largest absolute Gasteiger partial charge is 0.439 e. The summed E-state index contributed by atoms with van der Waals surface area (Å²) in [7, 11) is 0. The van der Waals surface area contributed by atoms with E-state index in [1.54, 1.807) is 13.0 Å². The van der Waals surface area contributed by atoms with Crippen molar-refractivity contribution >= 4 is 23.2 Å². The van der Waals surface area contributed by atoms with Crippen LogP contribution in [0.15, 0.2) is 29.4 Å². The van der Waals surface area contributed by atoms with Gasteiger partial charge in [0, 0.05) is 5.71 Å². The number of nitrogens with zero attached hydrogens (tertiary/aromatic N) is 2. The number of carbonyl (C=O) groups is 1. The Kier molecular flexibility index (Phi) is 4.12. The molecule has 2 aliphatic rings. The van der Waals surface area contributed by atoms with Crippen molar-refractivity contribution in [1.29, 1.82) is 0 Å². The molecule has 8 heteroatoms. The molecule has 1 aliphatic carbocycles. The first-order valence-corrected chi connectivity index (χ1v) is 8.02. The highest BCUT2D eigenvalue weighted by Gasteiger charge is 2.69. The van der Waals surface area contributed by atoms with Crippen LogP contribution >= 0.6 is 11.6 Å². The second-order valence-electron chi connectivity index (χ2n) is 6.23. The van der Waals surface area contributed by atoms with Crippen LogP contribution in [0.25, 0.3) is 0 Å². The lowest BCUT2D eigenvalue weighted by Crippen LogP contribution is -2.61. The summed E-state index contributed by atoms with van der Waals surface area (Å²) in [6.45, 7) is 1.76. The van der Waals surface area contributed by atoms with Gasteiger partial charge in [-0.3, -0.25) is 4.79 Å². The molecule has 3 atom stereocenters. The predicted octanol–water partition coefficient (Wildman–Crippen LogP) is 3.84. The molecule has 3 rings (SSSR count). The number of aliphatic hydroxyl groups is 1. The summed E-state index contributed by atoms with van der Waals surface area (Å²) in [6, 6.07) is 5.77. The summed E-state index contributed by atoms with van der Waals surface area (Å²) >= 11 is 5.93. The maximum absolute atomic E-state index is 13.7. The zero-order chi connectivity index (χ0) is 17.7. The van der Waals surface area contributed by atoms with Crippen molar-refractivity contribution in [3.8, 4) is 0 Å². The van der Waals surface area contributed by atoms with E-state index < -0.39 is 23.7 Å². The lowest BCUT2D eigenvalue weighted by Gasteiger charge is -2.39. The van der Waals surface area contributed by atoms with Gasteiger partial charge in [-0.05, 0) is 30.9 Å². The summed E-state index contributed by atoms with van der Waals surface area (Å²) in [4.78, 5) is 12.7. The van der Waals surface area contributed by atoms with E-state index in [4.69, 9.17) is 11.6 Å². The molecule has 1 amide bonds. The van der Waals surface area contributed by atoms with E-state index in [0.717, 1.165) is 0 Å². The maximum Gasteiger partial charge on any atom is 0.439 e. The molecule has 0 unspecified atom stereocenters. The number of amides is 1. The van der Waals surface area contributed by atoms with E-state index in [9.17, 15) is 23.1 Å². The molecule has 0 saturated heterocycles. The molecular weight excluding hydrogens is 345 g/mol. The van der Waals surface area contributed by atoms with Gasteiger partial charge in [-0.1, -0.05) is 37.1 Å². The van der Waals surface area contributed by atoms with Crippen molar-refractivity contribution in [2.75, 3.05) is 0 Å². The van der Waals surface area contributed by atoms with E-state index in [-0.39, 0.29) is 33.6 Å². The third-order valence-corrected chi connectivity index (χ3v) is 5.06. The van der Waals surface area contributed by atoms with Gasteiger partial charge in [0.05, 0.1) is 16.5 Å². The van der Waals surface area contributed by atoms with Gasteiger partial charge in [-0.2, -0.15) is 23.3 Å². The SMILES string of the molecule is C[C@@H]1CCC[C@@H]2C1=NN(C(=O)c1ccccc1Cl)[C@@]2(O)C(F)(F)F. The van der Waals surface area contributed by atoms with Gasteiger partial charge in [-0.25, -0.2) is 0 Å². The average Bonchev–Trinajstić information content (AvgIpc) is 2.83. The molecule has 1 fully saturated rings. The van der Waals surface area contributed by atoms with Crippen molar-refractivity contribution in [3.63, 3.8) is 0 Å². The van der Waals surface area contributed by atoms with Crippen molar-refractivity contribution < 1.29 is 23.1 Å². The van der Waals surface area contributed by atoms with Crippen LogP contribution in [0.3, 0.4) is 0 Å². The van der Waals surface area contributed by atoms with Crippen molar-refractivity contribution in [2.24, 2.45) is 16.9 Å². The molecule has 1 saturated carbocycles. The van der Waals surface area contributed by atoms with Gasteiger partial charge >= 0.3 is 6.18 Å².